The van der Waals surface area contributed by atoms with Crippen LogP contribution in [0, 0.1) is 6.92 Å². The fourth-order valence-corrected chi connectivity index (χ4v) is 2.29. The molecule has 0 saturated heterocycles. The van der Waals surface area contributed by atoms with Gasteiger partial charge in [-0.15, -0.1) is 0 Å². The van der Waals surface area contributed by atoms with Crippen molar-refractivity contribution in [3.63, 3.8) is 0 Å². The third-order valence-corrected chi connectivity index (χ3v) is 3.64. The van der Waals surface area contributed by atoms with E-state index in [1.165, 1.54) is 0 Å². The van der Waals surface area contributed by atoms with E-state index >= 15 is 0 Å². The molecule has 0 aliphatic carbocycles. The van der Waals surface area contributed by atoms with Gasteiger partial charge < -0.3 is 10.5 Å². The molecule has 2 nitrogen and oxygen atoms in total. The van der Waals surface area contributed by atoms with E-state index in [-0.39, 0.29) is 6.04 Å². The standard InChI is InChI=1S/C17H20ClNO/c1-3-13(19)11-15-16(18)8-5-9-17(15)20-14-7-4-6-12(2)10-14/h4-10,13H,3,11,19H2,1-2H3. The first-order valence-electron chi connectivity index (χ1n) is 6.87. The number of nitrogens with two attached hydrogens (primary N) is 1. The molecule has 2 rings (SSSR count). The first-order chi connectivity index (χ1) is 9.60. The molecule has 0 fully saturated rings. The van der Waals surface area contributed by atoms with Gasteiger partial charge in [0.15, 0.2) is 0 Å². The van der Waals surface area contributed by atoms with Crippen molar-refractivity contribution in [3.8, 4) is 11.5 Å². The highest BCUT2D eigenvalue weighted by Gasteiger charge is 2.12. The van der Waals surface area contributed by atoms with Gasteiger partial charge in [-0.2, -0.15) is 0 Å². The van der Waals surface area contributed by atoms with Gasteiger partial charge >= 0.3 is 0 Å². The van der Waals surface area contributed by atoms with E-state index in [2.05, 4.69) is 6.92 Å². The third kappa shape index (κ3) is 3.75. The monoisotopic (exact) mass is 289 g/mol. The fraction of sp³-hybridized carbons (Fsp3) is 0.294. The molecule has 0 aromatic heterocycles. The maximum absolute atomic E-state index is 6.29. The topological polar surface area (TPSA) is 35.2 Å². The zero-order valence-corrected chi connectivity index (χ0v) is 12.7. The normalized spacial score (nSPS) is 12.2. The summed E-state index contributed by atoms with van der Waals surface area (Å²) in [5.41, 5.74) is 8.19. The van der Waals surface area contributed by atoms with Crippen molar-refractivity contribution in [1.82, 2.24) is 0 Å². The van der Waals surface area contributed by atoms with Gasteiger partial charge in [-0.25, -0.2) is 0 Å². The van der Waals surface area contributed by atoms with Gasteiger partial charge in [0.05, 0.1) is 0 Å². The van der Waals surface area contributed by atoms with Gasteiger partial charge in [0.1, 0.15) is 11.5 Å². The summed E-state index contributed by atoms with van der Waals surface area (Å²) in [4.78, 5) is 0. The Kier molecular flexibility index (Phi) is 5.05. The van der Waals surface area contributed by atoms with Crippen LogP contribution in [0.15, 0.2) is 42.5 Å². The number of halogens is 1. The number of rotatable bonds is 5. The molecule has 0 aliphatic heterocycles. The van der Waals surface area contributed by atoms with Crippen molar-refractivity contribution in [2.45, 2.75) is 32.7 Å². The van der Waals surface area contributed by atoms with E-state index in [0.717, 1.165) is 35.5 Å². The lowest BCUT2D eigenvalue weighted by atomic mass is 10.0. The van der Waals surface area contributed by atoms with E-state index in [1.807, 2.05) is 49.4 Å². The second-order valence-electron chi connectivity index (χ2n) is 5.01. The maximum atomic E-state index is 6.29. The predicted octanol–water partition coefficient (Wildman–Crippen LogP) is 4.72. The van der Waals surface area contributed by atoms with Gasteiger partial charge in [-0.05, 0) is 49.6 Å². The lowest BCUT2D eigenvalue weighted by Crippen LogP contribution is -2.21. The molecule has 2 aromatic carbocycles. The minimum absolute atomic E-state index is 0.0924. The minimum Gasteiger partial charge on any atom is -0.457 e. The van der Waals surface area contributed by atoms with Crippen molar-refractivity contribution in [3.05, 3.63) is 58.6 Å². The highest BCUT2D eigenvalue weighted by atomic mass is 35.5. The molecule has 2 N–H and O–H groups in total. The van der Waals surface area contributed by atoms with Crippen LogP contribution in [0.1, 0.15) is 24.5 Å². The van der Waals surface area contributed by atoms with Crippen LogP contribution in [0.2, 0.25) is 5.02 Å². The Balaban J connectivity index is 2.29. The molecule has 0 heterocycles. The maximum Gasteiger partial charge on any atom is 0.132 e. The van der Waals surface area contributed by atoms with Crippen molar-refractivity contribution in [2.75, 3.05) is 0 Å². The SMILES string of the molecule is CCC(N)Cc1c(Cl)cccc1Oc1cccc(C)c1. The molecule has 2 aromatic rings. The van der Waals surface area contributed by atoms with Gasteiger partial charge in [-0.1, -0.05) is 36.7 Å². The second kappa shape index (κ2) is 6.78. The average molecular weight is 290 g/mol. The first kappa shape index (κ1) is 14.9. The van der Waals surface area contributed by atoms with Crippen molar-refractivity contribution < 1.29 is 4.74 Å². The molecule has 0 radical (unpaired) electrons. The van der Waals surface area contributed by atoms with Gasteiger partial charge in [-0.3, -0.25) is 0 Å². The molecule has 0 saturated carbocycles. The molecule has 0 amide bonds. The summed E-state index contributed by atoms with van der Waals surface area (Å²) < 4.78 is 5.98. The summed E-state index contributed by atoms with van der Waals surface area (Å²) >= 11 is 6.29. The summed E-state index contributed by atoms with van der Waals surface area (Å²) in [5.74, 6) is 1.60. The predicted molar refractivity (Wildman–Crippen MR) is 84.7 cm³/mol. The smallest absolute Gasteiger partial charge is 0.132 e. The van der Waals surface area contributed by atoms with Crippen LogP contribution >= 0.6 is 11.6 Å². The van der Waals surface area contributed by atoms with Gasteiger partial charge in [0, 0.05) is 16.6 Å². The van der Waals surface area contributed by atoms with E-state index in [1.54, 1.807) is 0 Å². The molecular weight excluding hydrogens is 270 g/mol. The van der Waals surface area contributed by atoms with Crippen LogP contribution in [0.4, 0.5) is 0 Å². The molecule has 0 aliphatic rings. The third-order valence-electron chi connectivity index (χ3n) is 3.28. The Morgan fingerprint density at radius 3 is 2.65 bits per heavy atom. The van der Waals surface area contributed by atoms with Crippen LogP contribution in [0.5, 0.6) is 11.5 Å². The Hall–Kier alpha value is -1.51. The quantitative estimate of drug-likeness (QED) is 0.864. The fourth-order valence-electron chi connectivity index (χ4n) is 2.04. The van der Waals surface area contributed by atoms with Crippen LogP contribution < -0.4 is 10.5 Å². The van der Waals surface area contributed by atoms with E-state index in [4.69, 9.17) is 22.1 Å². The molecule has 106 valence electrons. The molecule has 3 heteroatoms. The summed E-state index contributed by atoms with van der Waals surface area (Å²) in [5, 5.41) is 0.707. The van der Waals surface area contributed by atoms with Crippen LogP contribution in [-0.4, -0.2) is 6.04 Å². The molecule has 1 unspecified atom stereocenters. The average Bonchev–Trinajstić information content (AvgIpc) is 2.42. The minimum atomic E-state index is 0.0924. The Bertz CT molecular complexity index is 583. The van der Waals surface area contributed by atoms with Crippen LogP contribution in [0.3, 0.4) is 0 Å². The first-order valence-corrected chi connectivity index (χ1v) is 7.25. The van der Waals surface area contributed by atoms with Crippen molar-refractivity contribution in [2.24, 2.45) is 5.73 Å². The second-order valence-corrected chi connectivity index (χ2v) is 5.41. The van der Waals surface area contributed by atoms with Gasteiger partial charge in [0.2, 0.25) is 0 Å². The van der Waals surface area contributed by atoms with E-state index < -0.39 is 0 Å². The molecule has 0 bridgehead atoms. The molecule has 0 spiro atoms. The summed E-state index contributed by atoms with van der Waals surface area (Å²) in [6, 6.07) is 13.8. The molecule has 20 heavy (non-hydrogen) atoms. The largest absolute Gasteiger partial charge is 0.457 e. The van der Waals surface area contributed by atoms with Crippen LogP contribution in [0.25, 0.3) is 0 Å². The van der Waals surface area contributed by atoms with Crippen molar-refractivity contribution in [1.29, 1.82) is 0 Å². The lowest BCUT2D eigenvalue weighted by Gasteiger charge is -2.15. The van der Waals surface area contributed by atoms with Crippen molar-refractivity contribution >= 4 is 11.6 Å². The number of benzene rings is 2. The summed E-state index contributed by atoms with van der Waals surface area (Å²) in [7, 11) is 0. The zero-order chi connectivity index (χ0) is 14.5. The number of hydrogen-bond acceptors (Lipinski definition) is 2. The van der Waals surface area contributed by atoms with Crippen LogP contribution in [-0.2, 0) is 6.42 Å². The Morgan fingerprint density at radius 1 is 1.20 bits per heavy atom. The Morgan fingerprint density at radius 2 is 1.95 bits per heavy atom. The highest BCUT2D eigenvalue weighted by Crippen LogP contribution is 2.31. The lowest BCUT2D eigenvalue weighted by molar-refractivity contribution is 0.472. The van der Waals surface area contributed by atoms with E-state index in [0.29, 0.717) is 5.02 Å². The summed E-state index contributed by atoms with van der Waals surface area (Å²) in [6.45, 7) is 4.11. The molecular formula is C17H20ClNO. The zero-order valence-electron chi connectivity index (χ0n) is 11.9. The number of hydrogen-bond donors (Lipinski definition) is 1. The molecule has 1 atom stereocenters. The number of aryl methyl sites for hydroxylation is 1. The Labute approximate surface area is 125 Å². The highest BCUT2D eigenvalue weighted by molar-refractivity contribution is 6.31. The van der Waals surface area contributed by atoms with Gasteiger partial charge in [0.25, 0.3) is 0 Å². The van der Waals surface area contributed by atoms with E-state index in [9.17, 15) is 0 Å². The number of ether oxygens (including phenoxy) is 1. The summed E-state index contributed by atoms with van der Waals surface area (Å²) in [6.07, 6.45) is 1.63.